The summed E-state index contributed by atoms with van der Waals surface area (Å²) in [5, 5.41) is 0.671. The Morgan fingerprint density at radius 3 is 2.67 bits per heavy atom. The Bertz CT molecular complexity index is 555. The third-order valence-electron chi connectivity index (χ3n) is 2.36. The molecule has 0 amide bonds. The number of hydrogen-bond acceptors (Lipinski definition) is 2. The van der Waals surface area contributed by atoms with Crippen LogP contribution < -0.4 is 5.63 Å². The predicted molar refractivity (Wildman–Crippen MR) is 56.5 cm³/mol. The van der Waals surface area contributed by atoms with Crippen LogP contribution in [0.1, 0.15) is 25.3 Å². The lowest BCUT2D eigenvalue weighted by Gasteiger charge is -2.07. The lowest BCUT2D eigenvalue weighted by molar-refractivity contribution is 0.555. The van der Waals surface area contributed by atoms with Gasteiger partial charge in [0.05, 0.1) is 0 Å². The minimum atomic E-state index is -0.391. The summed E-state index contributed by atoms with van der Waals surface area (Å²) in [6, 6.07) is 5.59. The van der Waals surface area contributed by atoms with Gasteiger partial charge in [-0.25, -0.2) is 9.18 Å². The van der Waals surface area contributed by atoms with E-state index in [0.717, 1.165) is 5.56 Å². The Morgan fingerprint density at radius 2 is 2.00 bits per heavy atom. The van der Waals surface area contributed by atoms with E-state index >= 15 is 0 Å². The number of hydrogen-bond donors (Lipinski definition) is 0. The highest BCUT2D eigenvalue weighted by Gasteiger charge is 2.09. The molecule has 0 saturated carbocycles. The van der Waals surface area contributed by atoms with Gasteiger partial charge in [0.25, 0.3) is 0 Å². The van der Waals surface area contributed by atoms with E-state index in [2.05, 4.69) is 0 Å². The lowest BCUT2D eigenvalue weighted by Crippen LogP contribution is -2.02. The highest BCUT2D eigenvalue weighted by molar-refractivity contribution is 5.80. The van der Waals surface area contributed by atoms with Gasteiger partial charge in [-0.05, 0) is 29.7 Å². The molecular formula is C12H11FO2. The van der Waals surface area contributed by atoms with Crippen molar-refractivity contribution in [1.82, 2.24) is 0 Å². The number of benzene rings is 1. The molecule has 0 N–H and O–H groups in total. The van der Waals surface area contributed by atoms with Gasteiger partial charge in [0, 0.05) is 11.5 Å². The molecule has 0 fully saturated rings. The number of halogens is 1. The summed E-state index contributed by atoms with van der Waals surface area (Å²) in [5.41, 5.74) is 0.867. The second-order valence-electron chi connectivity index (χ2n) is 3.82. The molecule has 1 heterocycles. The van der Waals surface area contributed by atoms with Crippen molar-refractivity contribution in [3.8, 4) is 0 Å². The molecule has 1 aromatic carbocycles. The molecule has 0 atom stereocenters. The van der Waals surface area contributed by atoms with Crippen LogP contribution in [0.5, 0.6) is 0 Å². The molecule has 0 spiro atoms. The van der Waals surface area contributed by atoms with Crippen LogP contribution in [-0.2, 0) is 0 Å². The molecule has 0 saturated heterocycles. The zero-order valence-electron chi connectivity index (χ0n) is 8.58. The molecule has 78 valence electrons. The van der Waals surface area contributed by atoms with Gasteiger partial charge < -0.3 is 4.42 Å². The average Bonchev–Trinajstić information content (AvgIpc) is 2.17. The van der Waals surface area contributed by atoms with Crippen LogP contribution in [0.2, 0.25) is 0 Å². The van der Waals surface area contributed by atoms with Crippen molar-refractivity contribution in [2.75, 3.05) is 0 Å². The molecule has 2 rings (SSSR count). The minimum absolute atomic E-state index is 0.165. The molecule has 0 aliphatic rings. The quantitative estimate of drug-likeness (QED) is 0.671. The Morgan fingerprint density at radius 1 is 1.27 bits per heavy atom. The standard InChI is InChI=1S/C12H11FO2/c1-7(2)9-6-12(14)15-11-4-3-8(13)5-10(9)11/h3-7H,1-2H3. The van der Waals surface area contributed by atoms with Crippen molar-refractivity contribution >= 4 is 11.0 Å². The first kappa shape index (κ1) is 9.90. The fourth-order valence-electron chi connectivity index (χ4n) is 1.64. The smallest absolute Gasteiger partial charge is 0.336 e. The molecule has 2 aromatic rings. The zero-order chi connectivity index (χ0) is 11.0. The van der Waals surface area contributed by atoms with Crippen molar-refractivity contribution in [2.45, 2.75) is 19.8 Å². The summed E-state index contributed by atoms with van der Waals surface area (Å²) < 4.78 is 18.0. The monoisotopic (exact) mass is 206 g/mol. The van der Waals surface area contributed by atoms with Gasteiger partial charge in [0.2, 0.25) is 0 Å². The van der Waals surface area contributed by atoms with E-state index in [4.69, 9.17) is 4.42 Å². The largest absolute Gasteiger partial charge is 0.423 e. The molecule has 0 unspecified atom stereocenters. The maximum Gasteiger partial charge on any atom is 0.336 e. The molecule has 3 heteroatoms. The molecule has 2 nitrogen and oxygen atoms in total. The summed E-state index contributed by atoms with van der Waals surface area (Å²) in [4.78, 5) is 11.2. The van der Waals surface area contributed by atoms with E-state index in [9.17, 15) is 9.18 Å². The van der Waals surface area contributed by atoms with Gasteiger partial charge in [-0.2, -0.15) is 0 Å². The van der Waals surface area contributed by atoms with Crippen molar-refractivity contribution in [2.24, 2.45) is 0 Å². The van der Waals surface area contributed by atoms with Crippen LogP contribution in [-0.4, -0.2) is 0 Å². The Labute approximate surface area is 86.3 Å². The molecule has 0 aliphatic carbocycles. The van der Waals surface area contributed by atoms with E-state index in [-0.39, 0.29) is 11.7 Å². The fourth-order valence-corrected chi connectivity index (χ4v) is 1.64. The first-order valence-electron chi connectivity index (χ1n) is 4.81. The molecule has 0 bridgehead atoms. The maximum absolute atomic E-state index is 13.1. The predicted octanol–water partition coefficient (Wildman–Crippen LogP) is 3.06. The van der Waals surface area contributed by atoms with Crippen LogP contribution in [0.25, 0.3) is 11.0 Å². The Kier molecular flexibility index (Phi) is 2.31. The zero-order valence-corrected chi connectivity index (χ0v) is 8.58. The van der Waals surface area contributed by atoms with Gasteiger partial charge in [0.1, 0.15) is 11.4 Å². The minimum Gasteiger partial charge on any atom is -0.423 e. The molecule has 15 heavy (non-hydrogen) atoms. The van der Waals surface area contributed by atoms with Crippen LogP contribution in [0.3, 0.4) is 0 Å². The van der Waals surface area contributed by atoms with Crippen LogP contribution >= 0.6 is 0 Å². The Balaban J connectivity index is 2.88. The second-order valence-corrected chi connectivity index (χ2v) is 3.82. The third-order valence-corrected chi connectivity index (χ3v) is 2.36. The van der Waals surface area contributed by atoms with Crippen molar-refractivity contribution in [3.63, 3.8) is 0 Å². The molecule has 0 radical (unpaired) electrons. The van der Waals surface area contributed by atoms with Crippen molar-refractivity contribution in [1.29, 1.82) is 0 Å². The summed E-state index contributed by atoms with van der Waals surface area (Å²) in [6.07, 6.45) is 0. The first-order chi connectivity index (χ1) is 7.08. The van der Waals surface area contributed by atoms with Gasteiger partial charge in [-0.3, -0.25) is 0 Å². The average molecular weight is 206 g/mol. The van der Waals surface area contributed by atoms with Gasteiger partial charge in [-0.1, -0.05) is 13.8 Å². The van der Waals surface area contributed by atoms with E-state index < -0.39 is 5.63 Å². The van der Waals surface area contributed by atoms with Crippen LogP contribution in [0, 0.1) is 5.82 Å². The number of rotatable bonds is 1. The lowest BCUT2D eigenvalue weighted by atomic mass is 10.00. The van der Waals surface area contributed by atoms with Crippen LogP contribution in [0.15, 0.2) is 33.5 Å². The fraction of sp³-hybridized carbons (Fsp3) is 0.250. The molecule has 0 aliphatic heterocycles. The van der Waals surface area contributed by atoms with Crippen molar-refractivity contribution in [3.05, 3.63) is 46.1 Å². The summed E-state index contributed by atoms with van der Waals surface area (Å²) in [6.45, 7) is 3.91. The SMILES string of the molecule is CC(C)c1cc(=O)oc2ccc(F)cc12. The normalized spacial score (nSPS) is 11.2. The van der Waals surface area contributed by atoms with E-state index in [1.165, 1.54) is 24.3 Å². The second kappa shape index (κ2) is 3.50. The number of fused-ring (bicyclic) bond motifs is 1. The summed E-state index contributed by atoms with van der Waals surface area (Å²) in [5.74, 6) is -0.156. The highest BCUT2D eigenvalue weighted by Crippen LogP contribution is 2.24. The van der Waals surface area contributed by atoms with E-state index in [1.807, 2.05) is 13.8 Å². The molecule has 1 aromatic heterocycles. The van der Waals surface area contributed by atoms with E-state index in [1.54, 1.807) is 0 Å². The topological polar surface area (TPSA) is 30.2 Å². The van der Waals surface area contributed by atoms with Crippen molar-refractivity contribution < 1.29 is 8.81 Å². The van der Waals surface area contributed by atoms with Gasteiger partial charge in [-0.15, -0.1) is 0 Å². The first-order valence-corrected chi connectivity index (χ1v) is 4.81. The highest BCUT2D eigenvalue weighted by atomic mass is 19.1. The summed E-state index contributed by atoms with van der Waals surface area (Å²) >= 11 is 0. The Hall–Kier alpha value is -1.64. The van der Waals surface area contributed by atoms with Gasteiger partial charge in [0.15, 0.2) is 0 Å². The van der Waals surface area contributed by atoms with Crippen LogP contribution in [0.4, 0.5) is 4.39 Å². The third kappa shape index (κ3) is 1.77. The molecular weight excluding hydrogens is 195 g/mol. The summed E-state index contributed by atoms with van der Waals surface area (Å²) in [7, 11) is 0. The van der Waals surface area contributed by atoms with Gasteiger partial charge >= 0.3 is 5.63 Å². The van der Waals surface area contributed by atoms with E-state index in [0.29, 0.717) is 11.0 Å². The maximum atomic E-state index is 13.1.